The summed E-state index contributed by atoms with van der Waals surface area (Å²) in [6.07, 6.45) is 7.79. The summed E-state index contributed by atoms with van der Waals surface area (Å²) in [5.74, 6) is 0.357. The minimum Gasteiger partial charge on any atom is -0.339 e. The quantitative estimate of drug-likeness (QED) is 0.545. The number of hydrogen-bond donors (Lipinski definition) is 0. The summed E-state index contributed by atoms with van der Waals surface area (Å²) >= 11 is 0. The Morgan fingerprint density at radius 3 is 1.89 bits per heavy atom. The molecule has 0 bridgehead atoms. The molecule has 0 heterocycles. The molecule has 2 heteroatoms. The fourth-order valence-corrected chi connectivity index (χ4v) is 2.44. The van der Waals surface area contributed by atoms with Crippen LogP contribution in [0.15, 0.2) is 0 Å². The molecule has 0 aromatic heterocycles. The smallest absolute Gasteiger partial charge is 0.228 e. The second-order valence-electron chi connectivity index (χ2n) is 6.32. The van der Waals surface area contributed by atoms with Crippen molar-refractivity contribution in [1.29, 1.82) is 0 Å². The molecular formula is C17H35NO. The Morgan fingerprint density at radius 2 is 1.53 bits per heavy atom. The summed E-state index contributed by atoms with van der Waals surface area (Å²) in [6, 6.07) is 0.444. The molecule has 0 N–H and O–H groups in total. The fraction of sp³-hybridized carbons (Fsp3) is 0.941. The second kappa shape index (κ2) is 9.39. The average Bonchev–Trinajstić information content (AvgIpc) is 2.39. The van der Waals surface area contributed by atoms with Gasteiger partial charge in [0.25, 0.3) is 0 Å². The van der Waals surface area contributed by atoms with Crippen LogP contribution in [-0.4, -0.2) is 23.4 Å². The Kier molecular flexibility index (Phi) is 9.12. The summed E-state index contributed by atoms with van der Waals surface area (Å²) in [6.45, 7) is 13.9. The van der Waals surface area contributed by atoms with Crippen LogP contribution in [0.3, 0.4) is 0 Å². The van der Waals surface area contributed by atoms with Crippen molar-refractivity contribution in [3.63, 3.8) is 0 Å². The first kappa shape index (κ1) is 18.5. The van der Waals surface area contributed by atoms with Crippen LogP contribution in [0.25, 0.3) is 0 Å². The minimum atomic E-state index is -0.215. The van der Waals surface area contributed by atoms with E-state index in [4.69, 9.17) is 0 Å². The lowest BCUT2D eigenvalue weighted by Crippen LogP contribution is -2.47. The van der Waals surface area contributed by atoms with Gasteiger partial charge in [0.2, 0.25) is 5.91 Å². The zero-order valence-corrected chi connectivity index (χ0v) is 14.1. The maximum Gasteiger partial charge on any atom is 0.228 e. The summed E-state index contributed by atoms with van der Waals surface area (Å²) in [7, 11) is 0. The topological polar surface area (TPSA) is 20.3 Å². The van der Waals surface area contributed by atoms with Crippen molar-refractivity contribution in [3.05, 3.63) is 0 Å². The SMILES string of the molecule is CCCCN(C(=O)C(C)(C)CC)C(CCC)CCC. The number of rotatable bonds is 10. The third-order valence-corrected chi connectivity index (χ3v) is 4.16. The third-order valence-electron chi connectivity index (χ3n) is 4.16. The highest BCUT2D eigenvalue weighted by molar-refractivity contribution is 5.82. The largest absolute Gasteiger partial charge is 0.339 e. The number of carbonyl (C=O) groups is 1. The third kappa shape index (κ3) is 5.97. The van der Waals surface area contributed by atoms with Gasteiger partial charge in [0.05, 0.1) is 0 Å². The second-order valence-corrected chi connectivity index (χ2v) is 6.32. The van der Waals surface area contributed by atoms with E-state index in [1.54, 1.807) is 0 Å². The van der Waals surface area contributed by atoms with Crippen LogP contribution in [0, 0.1) is 5.41 Å². The molecular weight excluding hydrogens is 234 g/mol. The van der Waals surface area contributed by atoms with E-state index in [9.17, 15) is 4.79 Å². The molecule has 0 saturated carbocycles. The molecule has 0 aromatic rings. The van der Waals surface area contributed by atoms with Crippen molar-refractivity contribution in [3.8, 4) is 0 Å². The van der Waals surface area contributed by atoms with Crippen LogP contribution < -0.4 is 0 Å². The van der Waals surface area contributed by atoms with Gasteiger partial charge in [-0.05, 0) is 25.7 Å². The number of carbonyl (C=O) groups excluding carboxylic acids is 1. The molecule has 0 atom stereocenters. The molecule has 0 saturated heterocycles. The van der Waals surface area contributed by atoms with Crippen LogP contribution in [0.1, 0.15) is 86.5 Å². The van der Waals surface area contributed by atoms with E-state index in [2.05, 4.69) is 46.4 Å². The molecule has 19 heavy (non-hydrogen) atoms. The van der Waals surface area contributed by atoms with Gasteiger partial charge in [-0.25, -0.2) is 0 Å². The molecule has 0 aromatic carbocycles. The Hall–Kier alpha value is -0.530. The van der Waals surface area contributed by atoms with Crippen LogP contribution in [0.2, 0.25) is 0 Å². The predicted molar refractivity (Wildman–Crippen MR) is 84.3 cm³/mol. The minimum absolute atomic E-state index is 0.215. The Morgan fingerprint density at radius 1 is 1.00 bits per heavy atom. The summed E-state index contributed by atoms with van der Waals surface area (Å²) < 4.78 is 0. The first-order chi connectivity index (χ1) is 8.94. The van der Waals surface area contributed by atoms with Gasteiger partial charge in [-0.15, -0.1) is 0 Å². The first-order valence-corrected chi connectivity index (χ1v) is 8.25. The van der Waals surface area contributed by atoms with E-state index in [1.165, 1.54) is 0 Å². The van der Waals surface area contributed by atoms with Gasteiger partial charge in [0.1, 0.15) is 0 Å². The Balaban J connectivity index is 4.98. The van der Waals surface area contributed by atoms with Gasteiger partial charge >= 0.3 is 0 Å². The van der Waals surface area contributed by atoms with Gasteiger partial charge in [-0.1, -0.05) is 60.8 Å². The summed E-state index contributed by atoms with van der Waals surface area (Å²) in [5.41, 5.74) is -0.215. The van der Waals surface area contributed by atoms with Crippen LogP contribution in [0.4, 0.5) is 0 Å². The van der Waals surface area contributed by atoms with Crippen LogP contribution in [-0.2, 0) is 4.79 Å². The highest BCUT2D eigenvalue weighted by Crippen LogP contribution is 2.26. The zero-order valence-electron chi connectivity index (χ0n) is 14.1. The monoisotopic (exact) mass is 269 g/mol. The van der Waals surface area contributed by atoms with E-state index in [0.717, 1.165) is 51.5 Å². The lowest BCUT2D eigenvalue weighted by Gasteiger charge is -2.37. The molecule has 0 fully saturated rings. The van der Waals surface area contributed by atoms with Crippen molar-refractivity contribution in [2.75, 3.05) is 6.54 Å². The van der Waals surface area contributed by atoms with Gasteiger partial charge in [0.15, 0.2) is 0 Å². The molecule has 114 valence electrons. The van der Waals surface area contributed by atoms with Gasteiger partial charge in [0, 0.05) is 18.0 Å². The van der Waals surface area contributed by atoms with Crippen LogP contribution in [0.5, 0.6) is 0 Å². The molecule has 0 aliphatic carbocycles. The van der Waals surface area contributed by atoms with E-state index < -0.39 is 0 Å². The van der Waals surface area contributed by atoms with Crippen molar-refractivity contribution in [2.45, 2.75) is 92.5 Å². The van der Waals surface area contributed by atoms with E-state index in [1.807, 2.05) is 0 Å². The maximum atomic E-state index is 12.8. The van der Waals surface area contributed by atoms with Crippen molar-refractivity contribution < 1.29 is 4.79 Å². The lowest BCUT2D eigenvalue weighted by atomic mass is 9.87. The molecule has 0 spiro atoms. The van der Waals surface area contributed by atoms with Crippen LogP contribution >= 0.6 is 0 Å². The number of hydrogen-bond acceptors (Lipinski definition) is 1. The Bertz CT molecular complexity index is 242. The highest BCUT2D eigenvalue weighted by atomic mass is 16.2. The molecule has 2 nitrogen and oxygen atoms in total. The highest BCUT2D eigenvalue weighted by Gasteiger charge is 2.33. The van der Waals surface area contributed by atoms with Gasteiger partial charge in [-0.2, -0.15) is 0 Å². The van der Waals surface area contributed by atoms with Crippen molar-refractivity contribution >= 4 is 5.91 Å². The summed E-state index contributed by atoms with van der Waals surface area (Å²) in [5, 5.41) is 0. The summed E-state index contributed by atoms with van der Waals surface area (Å²) in [4.78, 5) is 15.0. The molecule has 1 amide bonds. The normalized spacial score (nSPS) is 11.9. The molecule has 0 aliphatic heterocycles. The molecule has 0 unspecified atom stereocenters. The molecule has 0 radical (unpaired) electrons. The predicted octanol–water partition coefficient (Wildman–Crippen LogP) is 5.02. The van der Waals surface area contributed by atoms with Gasteiger partial charge < -0.3 is 4.90 Å². The van der Waals surface area contributed by atoms with Crippen molar-refractivity contribution in [2.24, 2.45) is 5.41 Å². The van der Waals surface area contributed by atoms with Crippen molar-refractivity contribution in [1.82, 2.24) is 4.90 Å². The standard InChI is InChI=1S/C17H35NO/c1-7-11-14-18(15(12-8-2)13-9-3)16(19)17(5,6)10-4/h15H,7-14H2,1-6H3. The average molecular weight is 269 g/mol. The first-order valence-electron chi connectivity index (χ1n) is 8.25. The van der Waals surface area contributed by atoms with E-state index >= 15 is 0 Å². The number of unbranched alkanes of at least 4 members (excludes halogenated alkanes) is 1. The molecule has 0 rings (SSSR count). The van der Waals surface area contributed by atoms with E-state index in [-0.39, 0.29) is 5.41 Å². The molecule has 0 aliphatic rings. The Labute approximate surface area is 120 Å². The maximum absolute atomic E-state index is 12.8. The lowest BCUT2D eigenvalue weighted by molar-refractivity contribution is -0.143. The number of amides is 1. The number of nitrogens with zero attached hydrogens (tertiary/aromatic N) is 1. The fourth-order valence-electron chi connectivity index (χ4n) is 2.44. The van der Waals surface area contributed by atoms with E-state index in [0.29, 0.717) is 11.9 Å². The van der Waals surface area contributed by atoms with Gasteiger partial charge in [-0.3, -0.25) is 4.79 Å². The zero-order chi connectivity index (χ0) is 14.9.